The van der Waals surface area contributed by atoms with Crippen LogP contribution in [-0.4, -0.2) is 53.1 Å². The largest absolute Gasteiger partial charge is 0.381 e. The maximum absolute atomic E-state index is 12.2. The van der Waals surface area contributed by atoms with Gasteiger partial charge in [-0.15, -0.1) is 0 Å². The number of nitrogens with two attached hydrogens (primary N) is 1. The first-order chi connectivity index (χ1) is 8.26. The van der Waals surface area contributed by atoms with Gasteiger partial charge in [-0.25, -0.2) is 4.98 Å². The van der Waals surface area contributed by atoms with Crippen molar-refractivity contribution in [1.82, 2.24) is 14.9 Å². The Balaban J connectivity index is 2.07. The van der Waals surface area contributed by atoms with Crippen LogP contribution < -0.4 is 5.73 Å². The molecule has 1 aromatic rings. The maximum Gasteiger partial charge on any atom is 0.272 e. The van der Waals surface area contributed by atoms with E-state index in [1.807, 2.05) is 4.90 Å². The lowest BCUT2D eigenvalue weighted by molar-refractivity contribution is 0.0136. The molecule has 0 radical (unpaired) electrons. The van der Waals surface area contributed by atoms with Gasteiger partial charge in [0.2, 0.25) is 0 Å². The van der Waals surface area contributed by atoms with Crippen molar-refractivity contribution in [3.63, 3.8) is 0 Å². The van der Waals surface area contributed by atoms with Gasteiger partial charge in [0.15, 0.2) is 0 Å². The molecular formula is C11H18N4O2. The second-order valence-electron chi connectivity index (χ2n) is 4.24. The summed E-state index contributed by atoms with van der Waals surface area (Å²) in [4.78, 5) is 20.7. The third-order valence-corrected chi connectivity index (χ3v) is 3.26. The van der Waals surface area contributed by atoms with Gasteiger partial charge < -0.3 is 20.4 Å². The molecule has 0 spiro atoms. The van der Waals surface area contributed by atoms with Crippen LogP contribution in [0.4, 0.5) is 0 Å². The number of ether oxygens (including phenoxy) is 1. The molecule has 94 valence electrons. The average Bonchev–Trinajstić information content (AvgIpc) is 2.91. The Bertz CT molecular complexity index is 366. The average molecular weight is 238 g/mol. The highest BCUT2D eigenvalue weighted by Gasteiger charge is 2.31. The van der Waals surface area contributed by atoms with E-state index in [1.165, 1.54) is 12.5 Å². The number of aromatic nitrogens is 2. The van der Waals surface area contributed by atoms with Crippen LogP contribution in [0.15, 0.2) is 12.5 Å². The second kappa shape index (κ2) is 5.29. The van der Waals surface area contributed by atoms with Gasteiger partial charge in [-0.3, -0.25) is 4.79 Å². The second-order valence-corrected chi connectivity index (χ2v) is 4.24. The summed E-state index contributed by atoms with van der Waals surface area (Å²) in [6.45, 7) is 1.14. The fourth-order valence-electron chi connectivity index (χ4n) is 2.25. The van der Waals surface area contributed by atoms with Crippen molar-refractivity contribution in [3.05, 3.63) is 18.2 Å². The van der Waals surface area contributed by atoms with E-state index in [9.17, 15) is 4.79 Å². The van der Waals surface area contributed by atoms with Gasteiger partial charge in [-0.1, -0.05) is 0 Å². The van der Waals surface area contributed by atoms with Crippen molar-refractivity contribution >= 4 is 5.91 Å². The fraction of sp³-hybridized carbons (Fsp3) is 0.636. The Labute approximate surface area is 100 Å². The third kappa shape index (κ3) is 2.48. The van der Waals surface area contributed by atoms with Crippen LogP contribution in [0.5, 0.6) is 0 Å². The number of likely N-dealkylation sites (tertiary alicyclic amines) is 1. The molecule has 2 rings (SSSR count). The predicted octanol–water partition coefficient (Wildman–Crippen LogP) is -0.0120. The highest BCUT2D eigenvalue weighted by molar-refractivity contribution is 5.92. The number of imidazole rings is 1. The maximum atomic E-state index is 12.2. The molecule has 0 saturated carbocycles. The molecule has 1 saturated heterocycles. The number of rotatable bonds is 3. The van der Waals surface area contributed by atoms with Crippen LogP contribution in [-0.2, 0) is 4.74 Å². The van der Waals surface area contributed by atoms with E-state index in [4.69, 9.17) is 10.5 Å². The van der Waals surface area contributed by atoms with Crippen molar-refractivity contribution in [2.24, 2.45) is 5.73 Å². The summed E-state index contributed by atoms with van der Waals surface area (Å²) >= 11 is 0. The van der Waals surface area contributed by atoms with Crippen LogP contribution in [0, 0.1) is 0 Å². The quantitative estimate of drug-likeness (QED) is 0.775. The van der Waals surface area contributed by atoms with Gasteiger partial charge in [0, 0.05) is 26.2 Å². The summed E-state index contributed by atoms with van der Waals surface area (Å²) in [6, 6.07) is 0.0458. The molecule has 0 bridgehead atoms. The third-order valence-electron chi connectivity index (χ3n) is 3.26. The monoisotopic (exact) mass is 238 g/mol. The lowest BCUT2D eigenvalue weighted by Crippen LogP contribution is -2.51. The summed E-state index contributed by atoms with van der Waals surface area (Å²) in [5.74, 6) is -0.0347. The summed E-state index contributed by atoms with van der Waals surface area (Å²) < 4.78 is 5.33. The number of piperidine rings is 1. The highest BCUT2D eigenvalue weighted by atomic mass is 16.5. The van der Waals surface area contributed by atoms with Gasteiger partial charge in [0.05, 0.1) is 18.6 Å². The minimum Gasteiger partial charge on any atom is -0.381 e. The smallest absolute Gasteiger partial charge is 0.272 e. The van der Waals surface area contributed by atoms with Crippen LogP contribution in [0.3, 0.4) is 0 Å². The molecule has 17 heavy (non-hydrogen) atoms. The van der Waals surface area contributed by atoms with Crippen LogP contribution in [0.2, 0.25) is 0 Å². The number of hydrogen-bond acceptors (Lipinski definition) is 4. The number of amides is 1. The summed E-state index contributed by atoms with van der Waals surface area (Å²) in [6.07, 6.45) is 4.90. The van der Waals surface area contributed by atoms with Crippen molar-refractivity contribution in [3.8, 4) is 0 Å². The Morgan fingerprint density at radius 3 is 3.18 bits per heavy atom. The van der Waals surface area contributed by atoms with Crippen molar-refractivity contribution in [2.75, 3.05) is 20.2 Å². The first-order valence-electron chi connectivity index (χ1n) is 5.78. The molecule has 6 nitrogen and oxygen atoms in total. The van der Waals surface area contributed by atoms with Crippen molar-refractivity contribution < 1.29 is 9.53 Å². The number of aromatic amines is 1. The minimum absolute atomic E-state index is 0.0347. The van der Waals surface area contributed by atoms with E-state index in [-0.39, 0.29) is 18.1 Å². The molecule has 0 aromatic carbocycles. The van der Waals surface area contributed by atoms with Crippen molar-refractivity contribution in [1.29, 1.82) is 0 Å². The van der Waals surface area contributed by atoms with E-state index in [0.717, 1.165) is 12.8 Å². The highest BCUT2D eigenvalue weighted by Crippen LogP contribution is 2.20. The Hall–Kier alpha value is -1.40. The van der Waals surface area contributed by atoms with Crippen LogP contribution in [0.25, 0.3) is 0 Å². The Morgan fingerprint density at radius 2 is 2.59 bits per heavy atom. The first-order valence-corrected chi connectivity index (χ1v) is 5.78. The fourth-order valence-corrected chi connectivity index (χ4v) is 2.25. The van der Waals surface area contributed by atoms with Gasteiger partial charge >= 0.3 is 0 Å². The normalized spacial score (nSPS) is 24.9. The molecule has 2 unspecified atom stereocenters. The number of hydrogen-bond donors (Lipinski definition) is 2. The molecule has 6 heteroatoms. The predicted molar refractivity (Wildman–Crippen MR) is 62.5 cm³/mol. The number of methoxy groups -OCH3 is 1. The SMILES string of the molecule is COC1CCN(C(=O)c2cnc[nH]2)C(CN)C1. The number of carbonyl (C=O) groups is 1. The molecule has 2 heterocycles. The lowest BCUT2D eigenvalue weighted by atomic mass is 9.99. The zero-order valence-electron chi connectivity index (χ0n) is 9.93. The van der Waals surface area contributed by atoms with Crippen LogP contribution in [0.1, 0.15) is 23.3 Å². The van der Waals surface area contributed by atoms with E-state index in [2.05, 4.69) is 9.97 Å². The number of H-pyrrole nitrogens is 1. The van der Waals surface area contributed by atoms with Gasteiger partial charge in [0.25, 0.3) is 5.91 Å². The summed E-state index contributed by atoms with van der Waals surface area (Å²) in [5, 5.41) is 0. The zero-order chi connectivity index (χ0) is 12.3. The van der Waals surface area contributed by atoms with E-state index in [0.29, 0.717) is 18.8 Å². The molecular weight excluding hydrogens is 220 g/mol. The summed E-state index contributed by atoms with van der Waals surface area (Å²) in [5.41, 5.74) is 6.24. The minimum atomic E-state index is -0.0347. The molecule has 1 aliphatic heterocycles. The topological polar surface area (TPSA) is 84.2 Å². The first kappa shape index (κ1) is 12.1. The molecule has 0 aliphatic carbocycles. The molecule has 1 fully saturated rings. The molecule has 3 N–H and O–H groups in total. The van der Waals surface area contributed by atoms with E-state index in [1.54, 1.807) is 7.11 Å². The number of carbonyl (C=O) groups excluding carboxylic acids is 1. The van der Waals surface area contributed by atoms with E-state index < -0.39 is 0 Å². The van der Waals surface area contributed by atoms with Crippen LogP contribution >= 0.6 is 0 Å². The summed E-state index contributed by atoms with van der Waals surface area (Å²) in [7, 11) is 1.70. The zero-order valence-corrected chi connectivity index (χ0v) is 9.93. The number of nitrogens with one attached hydrogen (secondary N) is 1. The molecule has 1 aliphatic rings. The van der Waals surface area contributed by atoms with Crippen molar-refractivity contribution in [2.45, 2.75) is 25.0 Å². The molecule has 2 atom stereocenters. The standard InChI is InChI=1S/C11H18N4O2/c1-17-9-2-3-15(8(4-9)5-12)11(16)10-6-13-7-14-10/h6-9H,2-5,12H2,1H3,(H,13,14). The lowest BCUT2D eigenvalue weighted by Gasteiger charge is -2.38. The van der Waals surface area contributed by atoms with E-state index >= 15 is 0 Å². The Kier molecular flexibility index (Phi) is 3.75. The molecule has 1 aromatic heterocycles. The molecule has 1 amide bonds. The van der Waals surface area contributed by atoms with Gasteiger partial charge in [0.1, 0.15) is 5.69 Å². The van der Waals surface area contributed by atoms with Gasteiger partial charge in [-0.2, -0.15) is 0 Å². The Morgan fingerprint density at radius 1 is 1.76 bits per heavy atom. The number of nitrogens with zero attached hydrogens (tertiary/aromatic N) is 2. The van der Waals surface area contributed by atoms with Gasteiger partial charge in [-0.05, 0) is 12.8 Å².